The monoisotopic (exact) mass is 273 g/mol. The van der Waals surface area contributed by atoms with Gasteiger partial charge in [0.25, 0.3) is 0 Å². The average molecular weight is 273 g/mol. The Kier molecular flexibility index (Phi) is 6.06. The first-order chi connectivity index (χ1) is 8.58. The van der Waals surface area contributed by atoms with Crippen LogP contribution in [0.4, 0.5) is 4.39 Å². The van der Waals surface area contributed by atoms with E-state index in [-0.39, 0.29) is 12.3 Å². The summed E-state index contributed by atoms with van der Waals surface area (Å²) in [5.74, 6) is 4.96. The van der Waals surface area contributed by atoms with Gasteiger partial charge >= 0.3 is 0 Å². The van der Waals surface area contributed by atoms with Crippen molar-refractivity contribution < 1.29 is 13.9 Å². The molecule has 0 aliphatic rings. The molecule has 1 unspecified atom stereocenters. The second-order valence-corrected chi connectivity index (χ2v) is 3.81. The minimum absolute atomic E-state index is 0.0361. The first kappa shape index (κ1) is 14.9. The normalized spacial score (nSPS) is 12.2. The van der Waals surface area contributed by atoms with E-state index in [1.165, 1.54) is 12.3 Å². The summed E-state index contributed by atoms with van der Waals surface area (Å²) in [6.07, 6.45) is 1.48. The molecule has 1 rings (SSSR count). The van der Waals surface area contributed by atoms with E-state index in [9.17, 15) is 4.39 Å². The molecule has 0 aliphatic carbocycles. The van der Waals surface area contributed by atoms with E-state index in [2.05, 4.69) is 29.6 Å². The molecular weight excluding hydrogens is 257 g/mol. The summed E-state index contributed by atoms with van der Waals surface area (Å²) < 4.78 is 23.9. The van der Waals surface area contributed by atoms with E-state index < -0.39 is 11.4 Å². The lowest BCUT2D eigenvalue weighted by molar-refractivity contribution is 0.0753. The average Bonchev–Trinajstić information content (AvgIpc) is 2.37. The number of halogens is 1. The molecule has 18 heavy (non-hydrogen) atoms. The second kappa shape index (κ2) is 7.32. The molecule has 100 valence electrons. The van der Waals surface area contributed by atoms with Crippen LogP contribution in [0.1, 0.15) is 18.2 Å². The molecule has 0 bridgehead atoms. The fourth-order valence-corrected chi connectivity index (χ4v) is 1.26. The van der Waals surface area contributed by atoms with Crippen LogP contribution in [0.2, 0.25) is 0 Å². The third-order valence-corrected chi connectivity index (χ3v) is 2.38. The largest absolute Gasteiger partial charge is 0.494 e. The van der Waals surface area contributed by atoms with Crippen molar-refractivity contribution in [2.24, 2.45) is 5.84 Å². The van der Waals surface area contributed by atoms with Gasteiger partial charge in [-0.3, -0.25) is 10.8 Å². The quantitative estimate of drug-likeness (QED) is 0.230. The number of pyridine rings is 1. The zero-order valence-corrected chi connectivity index (χ0v) is 10.9. The number of thiol groups is 1. The van der Waals surface area contributed by atoms with Gasteiger partial charge < -0.3 is 9.47 Å². The third kappa shape index (κ3) is 4.26. The number of nitrogens with one attached hydrogen (secondary N) is 1. The van der Waals surface area contributed by atoms with Gasteiger partial charge in [0.15, 0.2) is 5.56 Å². The van der Waals surface area contributed by atoms with Crippen LogP contribution >= 0.6 is 12.6 Å². The van der Waals surface area contributed by atoms with Gasteiger partial charge in [0.05, 0.1) is 13.2 Å². The predicted molar refractivity (Wildman–Crippen MR) is 69.7 cm³/mol. The topological polar surface area (TPSA) is 69.4 Å². The van der Waals surface area contributed by atoms with Gasteiger partial charge in [-0.05, 0) is 13.0 Å². The molecular formula is C11H16FN3O2S. The van der Waals surface area contributed by atoms with Crippen LogP contribution in [0.3, 0.4) is 0 Å². The first-order valence-electron chi connectivity index (χ1n) is 5.30. The third-order valence-electron chi connectivity index (χ3n) is 2.08. The van der Waals surface area contributed by atoms with Gasteiger partial charge in [0.2, 0.25) is 0 Å². The molecule has 0 saturated carbocycles. The molecule has 0 amide bonds. The summed E-state index contributed by atoms with van der Waals surface area (Å²) in [5, 5.41) is 0. The number of nitrogens with two attached hydrogens (primary N) is 1. The highest BCUT2D eigenvalue weighted by Crippen LogP contribution is 2.16. The number of hydrogen-bond acceptors (Lipinski definition) is 6. The van der Waals surface area contributed by atoms with Gasteiger partial charge in [-0.2, -0.15) is 0 Å². The van der Waals surface area contributed by atoms with Crippen LogP contribution < -0.4 is 11.3 Å². The maximum Gasteiger partial charge on any atom is 0.166 e. The Bertz CT molecular complexity index is 417. The lowest BCUT2D eigenvalue weighted by atomic mass is 10.2. The lowest BCUT2D eigenvalue weighted by Crippen LogP contribution is -2.32. The van der Waals surface area contributed by atoms with Crippen LogP contribution in [-0.4, -0.2) is 17.2 Å². The molecule has 1 aromatic heterocycles. The van der Waals surface area contributed by atoms with E-state index in [1.807, 2.05) is 6.92 Å². The Morgan fingerprint density at radius 3 is 3.00 bits per heavy atom. The van der Waals surface area contributed by atoms with Gasteiger partial charge in [-0.25, -0.2) is 9.82 Å². The van der Waals surface area contributed by atoms with Gasteiger partial charge in [0.1, 0.15) is 17.3 Å². The molecule has 1 aromatic rings. The van der Waals surface area contributed by atoms with E-state index in [0.29, 0.717) is 17.9 Å². The molecule has 1 heterocycles. The van der Waals surface area contributed by atoms with Crippen molar-refractivity contribution in [2.75, 3.05) is 6.61 Å². The number of hydrogen-bond donors (Lipinski definition) is 3. The number of aromatic nitrogens is 1. The Hall–Kier alpha value is -1.15. The minimum atomic E-state index is -0.677. The molecule has 0 radical (unpaired) electrons. The smallest absolute Gasteiger partial charge is 0.166 e. The highest BCUT2D eigenvalue weighted by atomic mass is 32.1. The van der Waals surface area contributed by atoms with E-state index in [4.69, 9.17) is 15.3 Å². The summed E-state index contributed by atoms with van der Waals surface area (Å²) in [5.41, 5.74) is 2.24. The minimum Gasteiger partial charge on any atom is -0.494 e. The highest BCUT2D eigenvalue weighted by Gasteiger charge is 2.09. The van der Waals surface area contributed by atoms with Crippen molar-refractivity contribution in [3.05, 3.63) is 35.9 Å². The summed E-state index contributed by atoms with van der Waals surface area (Å²) in [6.45, 7) is 5.93. The number of nitrogens with zero attached hydrogens (tertiary/aromatic N) is 1. The predicted octanol–water partition coefficient (Wildman–Crippen LogP) is 1.42. The summed E-state index contributed by atoms with van der Waals surface area (Å²) in [7, 11) is 0. The molecule has 1 atom stereocenters. The van der Waals surface area contributed by atoms with Crippen molar-refractivity contribution in [3.63, 3.8) is 0 Å². The SMILES string of the molecule is C=C(OCC)c1cnc(COC(S)NN)c(F)c1. The number of hydrazine groups is 1. The molecule has 0 spiro atoms. The number of rotatable bonds is 7. The molecule has 0 aromatic carbocycles. The molecule has 3 N–H and O–H groups in total. The fourth-order valence-electron chi connectivity index (χ4n) is 1.19. The van der Waals surface area contributed by atoms with Crippen molar-refractivity contribution >= 4 is 18.4 Å². The Morgan fingerprint density at radius 2 is 2.44 bits per heavy atom. The molecule has 0 fully saturated rings. The van der Waals surface area contributed by atoms with Crippen molar-refractivity contribution in [3.8, 4) is 0 Å². The Balaban J connectivity index is 2.70. The van der Waals surface area contributed by atoms with Gasteiger partial charge in [-0.15, -0.1) is 12.6 Å². The number of ether oxygens (including phenoxy) is 2. The second-order valence-electron chi connectivity index (χ2n) is 3.34. The van der Waals surface area contributed by atoms with Crippen LogP contribution in [0.25, 0.3) is 5.76 Å². The molecule has 0 saturated heterocycles. The standard InChI is InChI=1S/C11H16FN3O2S/c1-3-16-7(2)8-4-9(12)10(14-5-8)6-17-11(18)15-13/h4-5,11,15,18H,2-3,6,13H2,1H3. The van der Waals surface area contributed by atoms with E-state index in [1.54, 1.807) is 0 Å². The lowest BCUT2D eigenvalue weighted by Gasteiger charge is -2.11. The molecule has 0 aliphatic heterocycles. The summed E-state index contributed by atoms with van der Waals surface area (Å²) in [6, 6.07) is 1.30. The van der Waals surface area contributed by atoms with E-state index in [0.717, 1.165) is 0 Å². The zero-order valence-electron chi connectivity index (χ0n) is 10.0. The fraction of sp³-hybridized carbons (Fsp3) is 0.364. The van der Waals surface area contributed by atoms with Crippen LogP contribution in [0, 0.1) is 5.82 Å². The molecule has 7 heteroatoms. The van der Waals surface area contributed by atoms with Crippen molar-refractivity contribution in [1.29, 1.82) is 0 Å². The van der Waals surface area contributed by atoms with Gasteiger partial charge in [-0.1, -0.05) is 6.58 Å². The van der Waals surface area contributed by atoms with Crippen LogP contribution in [-0.2, 0) is 16.1 Å². The maximum atomic E-state index is 13.7. The highest BCUT2D eigenvalue weighted by molar-refractivity contribution is 7.80. The summed E-state index contributed by atoms with van der Waals surface area (Å²) >= 11 is 3.93. The van der Waals surface area contributed by atoms with Gasteiger partial charge in [0, 0.05) is 11.8 Å². The van der Waals surface area contributed by atoms with Crippen molar-refractivity contribution in [1.82, 2.24) is 10.4 Å². The maximum absolute atomic E-state index is 13.7. The van der Waals surface area contributed by atoms with Crippen molar-refractivity contribution in [2.45, 2.75) is 19.1 Å². The van der Waals surface area contributed by atoms with Crippen LogP contribution in [0.15, 0.2) is 18.8 Å². The zero-order chi connectivity index (χ0) is 13.5. The first-order valence-corrected chi connectivity index (χ1v) is 5.82. The Morgan fingerprint density at radius 1 is 1.72 bits per heavy atom. The van der Waals surface area contributed by atoms with E-state index >= 15 is 0 Å². The Labute approximate surface area is 111 Å². The van der Waals surface area contributed by atoms with Crippen LogP contribution in [0.5, 0.6) is 0 Å². The molecule has 5 nitrogen and oxygen atoms in total. The summed E-state index contributed by atoms with van der Waals surface area (Å²) in [4.78, 5) is 3.94.